The van der Waals surface area contributed by atoms with Crippen molar-refractivity contribution in [2.45, 2.75) is 25.8 Å². The lowest BCUT2D eigenvalue weighted by Crippen LogP contribution is -2.09. The largest absolute Gasteiger partial charge is 0.325 e. The molecule has 1 aliphatic carbocycles. The summed E-state index contributed by atoms with van der Waals surface area (Å²) in [6.45, 7) is 0.507. The lowest BCUT2D eigenvalue weighted by atomic mass is 10.2. The van der Waals surface area contributed by atoms with Crippen molar-refractivity contribution in [3.05, 3.63) is 46.2 Å². The molecule has 1 aromatic heterocycles. The monoisotopic (exact) mass is 247 g/mol. The predicted octanol–water partition coefficient (Wildman–Crippen LogP) is 2.47. The molecule has 0 aliphatic heterocycles. The van der Waals surface area contributed by atoms with Crippen LogP contribution in [0.2, 0.25) is 5.02 Å². The van der Waals surface area contributed by atoms with Crippen molar-refractivity contribution >= 4 is 11.6 Å². The molecule has 1 heterocycles. The van der Waals surface area contributed by atoms with E-state index >= 15 is 0 Å². The Balaban J connectivity index is 2.19. The molecule has 0 unspecified atom stereocenters. The Bertz CT molecular complexity index is 560. The molecule has 0 saturated carbocycles. The number of hydrogen-bond donors (Lipinski definition) is 1. The number of fused-ring (bicyclic) bond motifs is 1. The number of aryl methyl sites for hydroxylation is 1. The maximum absolute atomic E-state index is 6.21. The summed E-state index contributed by atoms with van der Waals surface area (Å²) in [4.78, 5) is 0. The maximum atomic E-state index is 6.21. The van der Waals surface area contributed by atoms with Crippen molar-refractivity contribution in [2.24, 2.45) is 5.73 Å². The second kappa shape index (κ2) is 4.17. The van der Waals surface area contributed by atoms with Crippen molar-refractivity contribution in [2.75, 3.05) is 0 Å². The molecule has 0 bridgehead atoms. The smallest absolute Gasteiger partial charge is 0.0835 e. The van der Waals surface area contributed by atoms with Crippen molar-refractivity contribution < 1.29 is 0 Å². The van der Waals surface area contributed by atoms with Crippen molar-refractivity contribution in [3.8, 4) is 5.69 Å². The first-order chi connectivity index (χ1) is 8.31. The fourth-order valence-corrected chi connectivity index (χ4v) is 2.71. The van der Waals surface area contributed by atoms with Gasteiger partial charge in [-0.05, 0) is 37.0 Å². The number of para-hydroxylation sites is 1. The molecule has 0 spiro atoms. The Morgan fingerprint density at radius 2 is 2.12 bits per heavy atom. The van der Waals surface area contributed by atoms with Crippen LogP contribution in [0.5, 0.6) is 0 Å². The molecule has 0 radical (unpaired) electrons. The molecule has 1 aromatic carbocycles. The minimum atomic E-state index is 0.507. The summed E-state index contributed by atoms with van der Waals surface area (Å²) >= 11 is 6.21. The fraction of sp³-hybridized carbons (Fsp3) is 0.308. The SMILES string of the molecule is NCc1c2c(nn1-c1ccccc1Cl)CCC2. The molecule has 4 heteroatoms. The summed E-state index contributed by atoms with van der Waals surface area (Å²) in [6, 6.07) is 7.74. The second-order valence-electron chi connectivity index (χ2n) is 4.29. The van der Waals surface area contributed by atoms with Gasteiger partial charge in [0, 0.05) is 6.54 Å². The highest BCUT2D eigenvalue weighted by Crippen LogP contribution is 2.29. The Labute approximate surface area is 105 Å². The highest BCUT2D eigenvalue weighted by molar-refractivity contribution is 6.32. The van der Waals surface area contributed by atoms with Crippen LogP contribution in [-0.4, -0.2) is 9.78 Å². The topological polar surface area (TPSA) is 43.8 Å². The van der Waals surface area contributed by atoms with Gasteiger partial charge in [0.15, 0.2) is 0 Å². The van der Waals surface area contributed by atoms with E-state index in [-0.39, 0.29) is 0 Å². The van der Waals surface area contributed by atoms with Gasteiger partial charge in [0.1, 0.15) is 0 Å². The van der Waals surface area contributed by atoms with Crippen LogP contribution in [0.3, 0.4) is 0 Å². The van der Waals surface area contributed by atoms with Gasteiger partial charge in [-0.15, -0.1) is 0 Å². The number of hydrogen-bond acceptors (Lipinski definition) is 2. The normalized spacial score (nSPS) is 14.0. The summed E-state index contributed by atoms with van der Waals surface area (Å²) in [6.07, 6.45) is 3.33. The number of aromatic nitrogens is 2. The van der Waals surface area contributed by atoms with Gasteiger partial charge >= 0.3 is 0 Å². The highest BCUT2D eigenvalue weighted by Gasteiger charge is 2.22. The minimum Gasteiger partial charge on any atom is -0.325 e. The molecule has 2 aromatic rings. The molecule has 17 heavy (non-hydrogen) atoms. The molecule has 0 atom stereocenters. The minimum absolute atomic E-state index is 0.507. The molecule has 3 nitrogen and oxygen atoms in total. The molecule has 88 valence electrons. The van der Waals surface area contributed by atoms with Crippen LogP contribution in [0.25, 0.3) is 5.69 Å². The number of nitrogens with zero attached hydrogens (tertiary/aromatic N) is 2. The lowest BCUT2D eigenvalue weighted by molar-refractivity contribution is 0.752. The first kappa shape index (κ1) is 10.8. The van der Waals surface area contributed by atoms with E-state index in [1.807, 2.05) is 28.9 Å². The molecule has 0 saturated heterocycles. The molecule has 2 N–H and O–H groups in total. The van der Waals surface area contributed by atoms with Crippen molar-refractivity contribution in [1.29, 1.82) is 0 Å². The summed E-state index contributed by atoms with van der Waals surface area (Å²) in [5.74, 6) is 0. The van der Waals surface area contributed by atoms with Crippen LogP contribution in [-0.2, 0) is 19.4 Å². The van der Waals surface area contributed by atoms with E-state index in [1.54, 1.807) is 0 Å². The van der Waals surface area contributed by atoms with Gasteiger partial charge in [0.2, 0.25) is 0 Å². The van der Waals surface area contributed by atoms with Crippen LogP contribution in [0, 0.1) is 0 Å². The average Bonchev–Trinajstić information content (AvgIpc) is 2.89. The van der Waals surface area contributed by atoms with E-state index in [9.17, 15) is 0 Å². The van der Waals surface area contributed by atoms with E-state index in [4.69, 9.17) is 17.3 Å². The number of nitrogens with two attached hydrogens (primary N) is 1. The van der Waals surface area contributed by atoms with Gasteiger partial charge in [-0.3, -0.25) is 0 Å². The standard InChI is InChI=1S/C13H14ClN3/c14-10-5-1-2-7-12(10)17-13(8-15)9-4-3-6-11(9)16-17/h1-2,5,7H,3-4,6,8,15H2. The Kier molecular flexibility index (Phi) is 2.65. The summed E-state index contributed by atoms with van der Waals surface area (Å²) in [5, 5.41) is 5.36. The lowest BCUT2D eigenvalue weighted by Gasteiger charge is -2.09. The van der Waals surface area contributed by atoms with Crippen molar-refractivity contribution in [3.63, 3.8) is 0 Å². The van der Waals surface area contributed by atoms with Crippen LogP contribution in [0.15, 0.2) is 24.3 Å². The number of benzene rings is 1. The Hall–Kier alpha value is -1.32. The van der Waals surface area contributed by atoms with Gasteiger partial charge < -0.3 is 5.73 Å². The van der Waals surface area contributed by atoms with Gasteiger partial charge in [-0.25, -0.2) is 4.68 Å². The summed E-state index contributed by atoms with van der Waals surface area (Å²) in [5.41, 5.74) is 10.4. The fourth-order valence-electron chi connectivity index (χ4n) is 2.49. The van der Waals surface area contributed by atoms with E-state index in [0.29, 0.717) is 11.6 Å². The summed E-state index contributed by atoms with van der Waals surface area (Å²) in [7, 11) is 0. The Morgan fingerprint density at radius 3 is 2.88 bits per heavy atom. The first-order valence-electron chi connectivity index (χ1n) is 5.86. The molecular weight excluding hydrogens is 234 g/mol. The van der Waals surface area contributed by atoms with Gasteiger partial charge in [-0.2, -0.15) is 5.10 Å². The average molecular weight is 248 g/mol. The predicted molar refractivity (Wildman–Crippen MR) is 68.5 cm³/mol. The van der Waals surface area contributed by atoms with E-state index in [2.05, 4.69) is 5.10 Å². The third kappa shape index (κ3) is 1.66. The van der Waals surface area contributed by atoms with E-state index < -0.39 is 0 Å². The highest BCUT2D eigenvalue weighted by atomic mass is 35.5. The van der Waals surface area contributed by atoms with Crippen LogP contribution >= 0.6 is 11.6 Å². The van der Waals surface area contributed by atoms with Gasteiger partial charge in [-0.1, -0.05) is 23.7 Å². The van der Waals surface area contributed by atoms with E-state index in [0.717, 1.165) is 24.2 Å². The zero-order chi connectivity index (χ0) is 11.8. The van der Waals surface area contributed by atoms with Gasteiger partial charge in [0.05, 0.1) is 22.1 Å². The maximum Gasteiger partial charge on any atom is 0.0835 e. The third-order valence-electron chi connectivity index (χ3n) is 3.29. The van der Waals surface area contributed by atoms with Crippen molar-refractivity contribution in [1.82, 2.24) is 9.78 Å². The van der Waals surface area contributed by atoms with Crippen LogP contribution < -0.4 is 5.73 Å². The number of rotatable bonds is 2. The van der Waals surface area contributed by atoms with Gasteiger partial charge in [0.25, 0.3) is 0 Å². The quantitative estimate of drug-likeness (QED) is 0.886. The molecular formula is C13H14ClN3. The zero-order valence-electron chi connectivity index (χ0n) is 9.49. The molecule has 0 amide bonds. The third-order valence-corrected chi connectivity index (χ3v) is 3.61. The Morgan fingerprint density at radius 1 is 1.29 bits per heavy atom. The second-order valence-corrected chi connectivity index (χ2v) is 4.70. The van der Waals surface area contributed by atoms with E-state index in [1.165, 1.54) is 17.7 Å². The molecule has 1 aliphatic rings. The molecule has 3 rings (SSSR count). The molecule has 0 fully saturated rings. The summed E-state index contributed by atoms with van der Waals surface area (Å²) < 4.78 is 1.91. The van der Waals surface area contributed by atoms with Crippen LogP contribution in [0.4, 0.5) is 0 Å². The first-order valence-corrected chi connectivity index (χ1v) is 6.23. The number of halogens is 1. The zero-order valence-corrected chi connectivity index (χ0v) is 10.2. The van der Waals surface area contributed by atoms with Crippen LogP contribution in [0.1, 0.15) is 23.4 Å².